The van der Waals surface area contributed by atoms with E-state index in [1.54, 1.807) is 31.1 Å². The molecule has 0 aliphatic carbocycles. The molecule has 3 N–H and O–H groups in total. The van der Waals surface area contributed by atoms with Crippen molar-refractivity contribution in [3.63, 3.8) is 0 Å². The van der Waals surface area contributed by atoms with E-state index < -0.39 is 5.82 Å². The number of halogens is 1. The second-order valence-corrected chi connectivity index (χ2v) is 8.20. The quantitative estimate of drug-likeness (QED) is 0.328. The average Bonchev–Trinajstić information content (AvgIpc) is 3.57. The van der Waals surface area contributed by atoms with Gasteiger partial charge in [-0.2, -0.15) is 5.10 Å². The van der Waals surface area contributed by atoms with E-state index in [1.165, 1.54) is 6.20 Å². The van der Waals surface area contributed by atoms with Gasteiger partial charge in [0.15, 0.2) is 17.1 Å². The number of aromatic amines is 2. The van der Waals surface area contributed by atoms with E-state index in [0.717, 1.165) is 16.8 Å². The lowest BCUT2D eigenvalue weighted by Gasteiger charge is -2.11. The highest BCUT2D eigenvalue weighted by atomic mass is 19.1. The molecule has 9 nitrogen and oxygen atoms in total. The lowest BCUT2D eigenvalue weighted by atomic mass is 10.1. The van der Waals surface area contributed by atoms with Crippen LogP contribution in [0.1, 0.15) is 13.8 Å². The molecule has 6 aromatic rings. The van der Waals surface area contributed by atoms with E-state index in [1.807, 2.05) is 32.0 Å². The average molecular weight is 454 g/mol. The Labute approximate surface area is 192 Å². The van der Waals surface area contributed by atoms with Gasteiger partial charge in [0.05, 0.1) is 29.1 Å². The molecule has 0 radical (unpaired) electrons. The van der Waals surface area contributed by atoms with Crippen LogP contribution in [0.3, 0.4) is 0 Å². The molecule has 0 amide bonds. The van der Waals surface area contributed by atoms with Crippen LogP contribution in [-0.2, 0) is 0 Å². The summed E-state index contributed by atoms with van der Waals surface area (Å²) in [7, 11) is 0. The zero-order valence-electron chi connectivity index (χ0n) is 18.3. The topological polar surface area (TPSA) is 121 Å². The summed E-state index contributed by atoms with van der Waals surface area (Å²) >= 11 is 0. The fraction of sp³-hybridized carbons (Fsp3) is 0.125. The standard InChI is InChI=1S/C24H19FN8O/c1-12(2)29-15-7-14(8-26-9-15)17-10-28-22-18(19(17)25)21(32-33-22)24-30-20-16(13-4-6-34-11-13)3-5-27-23(20)31-24/h3-12,29H,1-2H3,(H,27,30,31)(H,28,32,33). The highest BCUT2D eigenvalue weighted by molar-refractivity contribution is 5.96. The molecule has 6 heterocycles. The summed E-state index contributed by atoms with van der Waals surface area (Å²) in [4.78, 5) is 20.8. The lowest BCUT2D eigenvalue weighted by Crippen LogP contribution is -2.09. The molecule has 6 rings (SSSR count). The van der Waals surface area contributed by atoms with E-state index in [0.29, 0.717) is 33.8 Å². The zero-order chi connectivity index (χ0) is 23.2. The maximum Gasteiger partial charge on any atom is 0.184 e. The second-order valence-electron chi connectivity index (χ2n) is 8.20. The van der Waals surface area contributed by atoms with Crippen molar-refractivity contribution < 1.29 is 8.81 Å². The lowest BCUT2D eigenvalue weighted by molar-refractivity contribution is 0.568. The molecule has 0 aliphatic rings. The molecule has 0 unspecified atom stereocenters. The number of nitrogens with one attached hydrogen (secondary N) is 3. The van der Waals surface area contributed by atoms with Crippen molar-refractivity contribution in [2.75, 3.05) is 5.32 Å². The van der Waals surface area contributed by atoms with Gasteiger partial charge < -0.3 is 14.7 Å². The smallest absolute Gasteiger partial charge is 0.184 e. The first-order valence-corrected chi connectivity index (χ1v) is 10.7. The summed E-state index contributed by atoms with van der Waals surface area (Å²) < 4.78 is 21.1. The van der Waals surface area contributed by atoms with E-state index in [9.17, 15) is 0 Å². The number of H-pyrrole nitrogens is 2. The van der Waals surface area contributed by atoms with Gasteiger partial charge in [-0.1, -0.05) is 0 Å². The van der Waals surface area contributed by atoms with Crippen LogP contribution in [0.15, 0.2) is 59.9 Å². The number of nitrogens with zero attached hydrogens (tertiary/aromatic N) is 5. The van der Waals surface area contributed by atoms with Gasteiger partial charge in [-0.05, 0) is 32.0 Å². The van der Waals surface area contributed by atoms with Crippen molar-refractivity contribution in [1.82, 2.24) is 35.1 Å². The Kier molecular flexibility index (Phi) is 4.58. The molecule has 0 fully saturated rings. The molecule has 0 saturated heterocycles. The number of furan rings is 1. The normalized spacial score (nSPS) is 11.6. The van der Waals surface area contributed by atoms with Gasteiger partial charge in [-0.15, -0.1) is 0 Å². The molecule has 0 saturated carbocycles. The Morgan fingerprint density at radius 2 is 1.94 bits per heavy atom. The molecule has 168 valence electrons. The molecule has 0 atom stereocenters. The minimum absolute atomic E-state index is 0.219. The van der Waals surface area contributed by atoms with E-state index in [2.05, 4.69) is 40.4 Å². The molecule has 0 aliphatic heterocycles. The minimum atomic E-state index is -0.458. The van der Waals surface area contributed by atoms with Gasteiger partial charge in [-0.25, -0.2) is 19.3 Å². The number of imidazole rings is 1. The van der Waals surface area contributed by atoms with Crippen LogP contribution in [-0.4, -0.2) is 41.2 Å². The summed E-state index contributed by atoms with van der Waals surface area (Å²) in [5, 5.41) is 10.6. The fourth-order valence-corrected chi connectivity index (χ4v) is 4.01. The van der Waals surface area contributed by atoms with Crippen LogP contribution in [0.25, 0.3) is 56.0 Å². The van der Waals surface area contributed by atoms with Crippen LogP contribution in [0.4, 0.5) is 10.1 Å². The fourth-order valence-electron chi connectivity index (χ4n) is 4.01. The van der Waals surface area contributed by atoms with Crippen molar-refractivity contribution in [1.29, 1.82) is 0 Å². The van der Waals surface area contributed by atoms with Crippen LogP contribution < -0.4 is 5.32 Å². The molecule has 6 aromatic heterocycles. The third-order valence-electron chi connectivity index (χ3n) is 5.48. The maximum absolute atomic E-state index is 15.9. The molecular formula is C24H19FN8O. The van der Waals surface area contributed by atoms with Crippen molar-refractivity contribution in [3.05, 3.63) is 61.3 Å². The van der Waals surface area contributed by atoms with Crippen LogP contribution in [0, 0.1) is 5.82 Å². The summed E-state index contributed by atoms with van der Waals surface area (Å²) in [5.41, 5.74) is 5.35. The SMILES string of the molecule is CC(C)Nc1cncc(-c2cnc3n[nH]c(-c4nc5nccc(-c6ccoc6)c5[nH]4)c3c2F)c1. The van der Waals surface area contributed by atoms with E-state index >= 15 is 4.39 Å². The van der Waals surface area contributed by atoms with Gasteiger partial charge >= 0.3 is 0 Å². The van der Waals surface area contributed by atoms with Crippen LogP contribution in [0.2, 0.25) is 0 Å². The number of pyridine rings is 3. The number of anilines is 1. The van der Waals surface area contributed by atoms with Crippen molar-refractivity contribution >= 4 is 27.9 Å². The van der Waals surface area contributed by atoms with Crippen molar-refractivity contribution in [3.8, 4) is 33.8 Å². The van der Waals surface area contributed by atoms with Gasteiger partial charge in [0.25, 0.3) is 0 Å². The first kappa shape index (κ1) is 20.0. The number of fused-ring (bicyclic) bond motifs is 2. The summed E-state index contributed by atoms with van der Waals surface area (Å²) in [6, 6.07) is 5.79. The minimum Gasteiger partial charge on any atom is -0.472 e. The first-order chi connectivity index (χ1) is 16.6. The highest BCUT2D eigenvalue weighted by Crippen LogP contribution is 2.34. The van der Waals surface area contributed by atoms with E-state index in [-0.39, 0.29) is 17.1 Å². The predicted molar refractivity (Wildman–Crippen MR) is 126 cm³/mol. The second kappa shape index (κ2) is 7.77. The van der Waals surface area contributed by atoms with Crippen molar-refractivity contribution in [2.45, 2.75) is 19.9 Å². The zero-order valence-corrected chi connectivity index (χ0v) is 18.3. The Morgan fingerprint density at radius 3 is 2.76 bits per heavy atom. The van der Waals surface area contributed by atoms with E-state index in [4.69, 9.17) is 4.42 Å². The first-order valence-electron chi connectivity index (χ1n) is 10.7. The molecule has 0 bridgehead atoms. The van der Waals surface area contributed by atoms with Crippen molar-refractivity contribution in [2.24, 2.45) is 0 Å². The van der Waals surface area contributed by atoms with Crippen LogP contribution in [0.5, 0.6) is 0 Å². The number of hydrogen-bond acceptors (Lipinski definition) is 7. The summed E-state index contributed by atoms with van der Waals surface area (Å²) in [6.45, 7) is 4.05. The predicted octanol–water partition coefficient (Wildman–Crippen LogP) is 5.18. The maximum atomic E-state index is 15.9. The highest BCUT2D eigenvalue weighted by Gasteiger charge is 2.21. The largest absolute Gasteiger partial charge is 0.472 e. The molecule has 10 heteroatoms. The van der Waals surface area contributed by atoms with Gasteiger partial charge in [0, 0.05) is 53.1 Å². The molecule has 0 spiro atoms. The number of aromatic nitrogens is 7. The molecule has 34 heavy (non-hydrogen) atoms. The molecular weight excluding hydrogens is 435 g/mol. The third-order valence-corrected chi connectivity index (χ3v) is 5.48. The Balaban J connectivity index is 1.50. The Hall–Kier alpha value is -4.60. The van der Waals surface area contributed by atoms with Gasteiger partial charge in [0.1, 0.15) is 11.5 Å². The van der Waals surface area contributed by atoms with Crippen LogP contribution >= 0.6 is 0 Å². The third kappa shape index (κ3) is 3.27. The number of rotatable bonds is 5. The summed E-state index contributed by atoms with van der Waals surface area (Å²) in [5.74, 6) is -0.0483. The monoisotopic (exact) mass is 454 g/mol. The Morgan fingerprint density at radius 1 is 1.03 bits per heavy atom. The molecule has 0 aromatic carbocycles. The van der Waals surface area contributed by atoms with Gasteiger partial charge in [0.2, 0.25) is 0 Å². The summed E-state index contributed by atoms with van der Waals surface area (Å²) in [6.07, 6.45) is 9.70. The Bertz CT molecular complexity index is 1630. The van der Waals surface area contributed by atoms with Gasteiger partial charge in [-0.3, -0.25) is 10.1 Å². The number of hydrogen-bond donors (Lipinski definition) is 3.